The Labute approximate surface area is 191 Å². The van der Waals surface area contributed by atoms with Crippen molar-refractivity contribution in [2.24, 2.45) is 7.05 Å². The first-order valence-corrected chi connectivity index (χ1v) is 11.7. The second kappa shape index (κ2) is 9.22. The van der Waals surface area contributed by atoms with Crippen LogP contribution in [0.15, 0.2) is 52.4 Å². The molecule has 32 heavy (non-hydrogen) atoms. The molecule has 4 heterocycles. The average molecular weight is 448 g/mol. The Morgan fingerprint density at radius 2 is 1.88 bits per heavy atom. The molecule has 8 nitrogen and oxygen atoms in total. The number of hydrogen-bond acceptors (Lipinski definition) is 8. The van der Waals surface area contributed by atoms with Crippen molar-refractivity contribution in [2.45, 2.75) is 24.9 Å². The number of aromatic nitrogens is 6. The van der Waals surface area contributed by atoms with Crippen molar-refractivity contribution in [1.29, 1.82) is 0 Å². The first kappa shape index (κ1) is 20.8. The molecule has 0 radical (unpaired) electrons. The van der Waals surface area contributed by atoms with Gasteiger partial charge >= 0.3 is 0 Å². The maximum atomic E-state index is 5.24. The summed E-state index contributed by atoms with van der Waals surface area (Å²) in [7, 11) is 1.99. The Morgan fingerprint density at radius 1 is 1.00 bits per heavy atom. The summed E-state index contributed by atoms with van der Waals surface area (Å²) < 4.78 is 7.26. The van der Waals surface area contributed by atoms with Crippen LogP contribution in [0.2, 0.25) is 0 Å². The zero-order valence-electron chi connectivity index (χ0n) is 18.2. The van der Waals surface area contributed by atoms with Gasteiger partial charge in [-0.15, -0.1) is 10.2 Å². The van der Waals surface area contributed by atoms with Gasteiger partial charge in [0, 0.05) is 49.6 Å². The topological polar surface area (TPSA) is 85.8 Å². The molecule has 5 rings (SSSR count). The minimum Gasteiger partial charge on any atom is -0.361 e. The van der Waals surface area contributed by atoms with Gasteiger partial charge in [0.05, 0.1) is 12.4 Å². The van der Waals surface area contributed by atoms with Crippen molar-refractivity contribution in [1.82, 2.24) is 35.0 Å². The van der Waals surface area contributed by atoms with Crippen LogP contribution in [0.4, 0.5) is 0 Å². The molecule has 3 aromatic heterocycles. The molecule has 0 bridgehead atoms. The van der Waals surface area contributed by atoms with Gasteiger partial charge in [-0.25, -0.2) is 0 Å². The summed E-state index contributed by atoms with van der Waals surface area (Å²) >= 11 is 1.74. The lowest BCUT2D eigenvalue weighted by molar-refractivity contribution is 0.306. The van der Waals surface area contributed by atoms with Gasteiger partial charge < -0.3 is 14.0 Å². The maximum Gasteiger partial charge on any atom is 0.191 e. The molecule has 0 N–H and O–H groups in total. The lowest BCUT2D eigenvalue weighted by atomic mass is 9.99. The minimum atomic E-state index is 0.811. The molecule has 0 saturated carbocycles. The van der Waals surface area contributed by atoms with E-state index >= 15 is 0 Å². The normalized spacial score (nSPS) is 14.3. The smallest absolute Gasteiger partial charge is 0.191 e. The van der Waals surface area contributed by atoms with Gasteiger partial charge in [-0.3, -0.25) is 0 Å². The Hall–Kier alpha value is -3.04. The van der Waals surface area contributed by atoms with Crippen LogP contribution in [0.5, 0.6) is 0 Å². The highest BCUT2D eigenvalue weighted by molar-refractivity contribution is 7.99. The molecule has 4 aromatic rings. The van der Waals surface area contributed by atoms with E-state index in [0.717, 1.165) is 71.8 Å². The van der Waals surface area contributed by atoms with E-state index in [2.05, 4.69) is 48.7 Å². The van der Waals surface area contributed by atoms with Gasteiger partial charge in [-0.05, 0) is 43.0 Å². The highest BCUT2D eigenvalue weighted by Gasteiger charge is 2.17. The van der Waals surface area contributed by atoms with E-state index in [1.807, 2.05) is 30.7 Å². The number of fused-ring (bicyclic) bond motifs is 1. The largest absolute Gasteiger partial charge is 0.361 e. The molecule has 0 atom stereocenters. The van der Waals surface area contributed by atoms with Gasteiger partial charge in [0.2, 0.25) is 0 Å². The molecule has 0 amide bonds. The fraction of sp³-hybridized carbons (Fsp3) is 0.348. The second-order valence-electron chi connectivity index (χ2n) is 7.99. The standard InChI is InChI=1S/C23H25N7OS/c1-16-13-21(28-31-16)19-4-3-17-6-9-30(10-7-18(17)14-19)11-12-32-23-27-26-22(29(23)2)20-5-8-24-25-15-20/h3-5,8,13-15H,6-7,9-12H2,1-2H3. The summed E-state index contributed by atoms with van der Waals surface area (Å²) in [4.78, 5) is 2.54. The summed E-state index contributed by atoms with van der Waals surface area (Å²) in [5, 5.41) is 21.5. The molecule has 0 aliphatic carbocycles. The number of benzene rings is 1. The summed E-state index contributed by atoms with van der Waals surface area (Å²) in [5.74, 6) is 2.62. The third kappa shape index (κ3) is 4.44. The molecule has 0 spiro atoms. The van der Waals surface area contributed by atoms with Crippen LogP contribution in [-0.2, 0) is 19.9 Å². The molecular formula is C23H25N7OS. The van der Waals surface area contributed by atoms with Crippen LogP contribution in [0, 0.1) is 6.92 Å². The molecular weight excluding hydrogens is 422 g/mol. The summed E-state index contributed by atoms with van der Waals surface area (Å²) in [6, 6.07) is 10.6. The quantitative estimate of drug-likeness (QED) is 0.416. The highest BCUT2D eigenvalue weighted by Crippen LogP contribution is 2.26. The molecule has 0 fully saturated rings. The average Bonchev–Trinajstić information content (AvgIpc) is 3.35. The van der Waals surface area contributed by atoms with Gasteiger partial charge in [-0.1, -0.05) is 29.1 Å². The zero-order chi connectivity index (χ0) is 21.9. The van der Waals surface area contributed by atoms with Gasteiger partial charge in [-0.2, -0.15) is 10.2 Å². The van der Waals surface area contributed by atoms with E-state index in [4.69, 9.17) is 4.52 Å². The molecule has 0 unspecified atom stereocenters. The van der Waals surface area contributed by atoms with Gasteiger partial charge in [0.1, 0.15) is 11.5 Å². The predicted molar refractivity (Wildman–Crippen MR) is 123 cm³/mol. The van der Waals surface area contributed by atoms with Gasteiger partial charge in [0.25, 0.3) is 0 Å². The first-order chi connectivity index (χ1) is 15.7. The monoisotopic (exact) mass is 447 g/mol. The maximum absolute atomic E-state index is 5.24. The first-order valence-electron chi connectivity index (χ1n) is 10.7. The lowest BCUT2D eigenvalue weighted by Crippen LogP contribution is -2.28. The Bertz CT molecular complexity index is 1200. The van der Waals surface area contributed by atoms with E-state index in [9.17, 15) is 0 Å². The van der Waals surface area contributed by atoms with Crippen molar-refractivity contribution >= 4 is 11.8 Å². The van der Waals surface area contributed by atoms with Crippen LogP contribution >= 0.6 is 11.8 Å². The highest BCUT2D eigenvalue weighted by atomic mass is 32.2. The third-order valence-corrected chi connectivity index (χ3v) is 6.84. The number of hydrogen-bond donors (Lipinski definition) is 0. The predicted octanol–water partition coefficient (Wildman–Crippen LogP) is 3.43. The molecule has 0 saturated heterocycles. The van der Waals surface area contributed by atoms with Crippen LogP contribution in [0.3, 0.4) is 0 Å². The number of rotatable bonds is 6. The minimum absolute atomic E-state index is 0.811. The van der Waals surface area contributed by atoms with E-state index in [1.54, 1.807) is 24.2 Å². The summed E-state index contributed by atoms with van der Waals surface area (Å²) in [6.45, 7) is 5.07. The van der Waals surface area contributed by atoms with Crippen molar-refractivity contribution in [3.63, 3.8) is 0 Å². The summed E-state index contributed by atoms with van der Waals surface area (Å²) in [5.41, 5.74) is 5.82. The van der Waals surface area contributed by atoms with Crippen molar-refractivity contribution in [3.8, 4) is 22.6 Å². The molecule has 9 heteroatoms. The van der Waals surface area contributed by atoms with Crippen molar-refractivity contribution < 1.29 is 4.52 Å². The van der Waals surface area contributed by atoms with Gasteiger partial charge in [0.15, 0.2) is 11.0 Å². The van der Waals surface area contributed by atoms with Crippen LogP contribution < -0.4 is 0 Å². The van der Waals surface area contributed by atoms with Crippen molar-refractivity contribution in [2.75, 3.05) is 25.4 Å². The van der Waals surface area contributed by atoms with Crippen LogP contribution in [0.1, 0.15) is 16.9 Å². The number of thioether (sulfide) groups is 1. The fourth-order valence-electron chi connectivity index (χ4n) is 4.04. The summed E-state index contributed by atoms with van der Waals surface area (Å²) in [6.07, 6.45) is 5.50. The fourth-order valence-corrected chi connectivity index (χ4v) is 4.95. The molecule has 1 aromatic carbocycles. The van der Waals surface area contributed by atoms with Crippen LogP contribution in [0.25, 0.3) is 22.6 Å². The third-order valence-electron chi connectivity index (χ3n) is 5.84. The van der Waals surface area contributed by atoms with E-state index in [0.29, 0.717) is 0 Å². The second-order valence-corrected chi connectivity index (χ2v) is 9.05. The molecule has 1 aliphatic heterocycles. The van der Waals surface area contributed by atoms with Crippen LogP contribution in [-0.4, -0.2) is 60.4 Å². The molecule has 164 valence electrons. The van der Waals surface area contributed by atoms with Crippen molar-refractivity contribution in [3.05, 3.63) is 59.6 Å². The Morgan fingerprint density at radius 3 is 2.66 bits per heavy atom. The Balaban J connectivity index is 1.18. The van der Waals surface area contributed by atoms with E-state index < -0.39 is 0 Å². The molecule has 1 aliphatic rings. The SMILES string of the molecule is Cc1cc(-c2ccc3c(c2)CCN(CCSc2nnc(-c4ccnnc4)n2C)CC3)no1. The number of nitrogens with zero attached hydrogens (tertiary/aromatic N) is 7. The number of aryl methyl sites for hydroxylation is 1. The lowest BCUT2D eigenvalue weighted by Gasteiger charge is -2.19. The Kier molecular flexibility index (Phi) is 6.00. The van der Waals surface area contributed by atoms with E-state index in [-0.39, 0.29) is 0 Å². The van der Waals surface area contributed by atoms with E-state index in [1.165, 1.54) is 11.1 Å². The zero-order valence-corrected chi connectivity index (χ0v) is 19.0.